The average Bonchev–Trinajstić information content (AvgIpc) is 2.47. The lowest BCUT2D eigenvalue weighted by atomic mass is 9.89. The van der Waals surface area contributed by atoms with E-state index in [0.29, 0.717) is 24.4 Å². The van der Waals surface area contributed by atoms with E-state index in [1.807, 2.05) is 13.8 Å². The third-order valence-electron chi connectivity index (χ3n) is 3.86. The SMILES string of the molecule is CC(C)CC(=O)N1CCCC(C(=O)c2ccc(F)cc2)C1. The van der Waals surface area contributed by atoms with Crippen LogP contribution in [0.4, 0.5) is 4.39 Å². The van der Waals surface area contributed by atoms with E-state index < -0.39 is 0 Å². The Morgan fingerprint density at radius 2 is 1.95 bits per heavy atom. The normalized spacial score (nSPS) is 18.9. The summed E-state index contributed by atoms with van der Waals surface area (Å²) in [5, 5.41) is 0. The quantitative estimate of drug-likeness (QED) is 0.798. The molecular formula is C17H22FNO2. The Labute approximate surface area is 125 Å². The Morgan fingerprint density at radius 3 is 2.57 bits per heavy atom. The van der Waals surface area contributed by atoms with Crippen molar-refractivity contribution in [3.05, 3.63) is 35.6 Å². The van der Waals surface area contributed by atoms with E-state index >= 15 is 0 Å². The van der Waals surface area contributed by atoms with Crippen LogP contribution in [0.3, 0.4) is 0 Å². The van der Waals surface area contributed by atoms with Crippen LogP contribution in [-0.4, -0.2) is 29.7 Å². The molecule has 1 atom stereocenters. The lowest BCUT2D eigenvalue weighted by Crippen LogP contribution is -2.42. The van der Waals surface area contributed by atoms with Gasteiger partial charge in [0.15, 0.2) is 5.78 Å². The predicted molar refractivity (Wildman–Crippen MR) is 79.5 cm³/mol. The number of piperidine rings is 1. The number of amides is 1. The van der Waals surface area contributed by atoms with Crippen molar-refractivity contribution in [3.8, 4) is 0 Å². The van der Waals surface area contributed by atoms with Crippen LogP contribution in [0.5, 0.6) is 0 Å². The van der Waals surface area contributed by atoms with Gasteiger partial charge in [-0.3, -0.25) is 9.59 Å². The number of hydrogen-bond acceptors (Lipinski definition) is 2. The zero-order valence-electron chi connectivity index (χ0n) is 12.6. The van der Waals surface area contributed by atoms with Gasteiger partial charge in [0, 0.05) is 31.0 Å². The molecule has 0 spiro atoms. The fourth-order valence-corrected chi connectivity index (χ4v) is 2.75. The van der Waals surface area contributed by atoms with Gasteiger partial charge in [-0.15, -0.1) is 0 Å². The molecule has 4 heteroatoms. The number of Topliss-reactive ketones (excluding diaryl/α,β-unsaturated/α-hetero) is 1. The van der Waals surface area contributed by atoms with Gasteiger partial charge in [0.2, 0.25) is 5.91 Å². The number of nitrogens with zero attached hydrogens (tertiary/aromatic N) is 1. The fraction of sp³-hybridized carbons (Fsp3) is 0.529. The summed E-state index contributed by atoms with van der Waals surface area (Å²) < 4.78 is 12.9. The predicted octanol–water partition coefficient (Wildman–Crippen LogP) is 3.29. The Morgan fingerprint density at radius 1 is 1.29 bits per heavy atom. The maximum absolute atomic E-state index is 12.9. The van der Waals surface area contributed by atoms with Gasteiger partial charge in [0.1, 0.15) is 5.82 Å². The maximum atomic E-state index is 12.9. The molecule has 1 saturated heterocycles. The third kappa shape index (κ3) is 4.13. The van der Waals surface area contributed by atoms with Crippen molar-refractivity contribution >= 4 is 11.7 Å². The molecule has 1 unspecified atom stereocenters. The first-order valence-corrected chi connectivity index (χ1v) is 7.55. The first-order valence-electron chi connectivity index (χ1n) is 7.55. The van der Waals surface area contributed by atoms with Gasteiger partial charge < -0.3 is 4.90 Å². The smallest absolute Gasteiger partial charge is 0.222 e. The second-order valence-corrected chi connectivity index (χ2v) is 6.15. The van der Waals surface area contributed by atoms with E-state index in [1.165, 1.54) is 24.3 Å². The van der Waals surface area contributed by atoms with Gasteiger partial charge in [0.05, 0.1) is 0 Å². The number of carbonyl (C=O) groups is 2. The molecular weight excluding hydrogens is 269 g/mol. The Hall–Kier alpha value is -1.71. The van der Waals surface area contributed by atoms with Crippen LogP contribution in [0.1, 0.15) is 43.5 Å². The van der Waals surface area contributed by atoms with Crippen LogP contribution >= 0.6 is 0 Å². The summed E-state index contributed by atoms with van der Waals surface area (Å²) in [4.78, 5) is 26.4. The molecule has 114 valence electrons. The second-order valence-electron chi connectivity index (χ2n) is 6.15. The molecule has 1 amide bonds. The Bertz CT molecular complexity index is 510. The summed E-state index contributed by atoms with van der Waals surface area (Å²) in [6, 6.07) is 5.65. The van der Waals surface area contributed by atoms with Crippen molar-refractivity contribution in [3.63, 3.8) is 0 Å². The summed E-state index contributed by atoms with van der Waals surface area (Å²) in [7, 11) is 0. The van der Waals surface area contributed by atoms with Crippen LogP contribution in [0.2, 0.25) is 0 Å². The van der Waals surface area contributed by atoms with Crippen molar-refractivity contribution in [1.29, 1.82) is 0 Å². The minimum Gasteiger partial charge on any atom is -0.342 e. The molecule has 0 aromatic heterocycles. The maximum Gasteiger partial charge on any atom is 0.222 e. The molecule has 1 aliphatic heterocycles. The molecule has 21 heavy (non-hydrogen) atoms. The van der Waals surface area contributed by atoms with Crippen molar-refractivity contribution in [1.82, 2.24) is 4.90 Å². The van der Waals surface area contributed by atoms with Crippen molar-refractivity contribution < 1.29 is 14.0 Å². The summed E-state index contributed by atoms with van der Waals surface area (Å²) in [6.07, 6.45) is 2.17. The number of carbonyl (C=O) groups excluding carboxylic acids is 2. The van der Waals surface area contributed by atoms with E-state index in [9.17, 15) is 14.0 Å². The van der Waals surface area contributed by atoms with Crippen LogP contribution in [0, 0.1) is 17.7 Å². The molecule has 3 nitrogen and oxygen atoms in total. The van der Waals surface area contributed by atoms with E-state index in [1.54, 1.807) is 4.90 Å². The molecule has 1 aromatic carbocycles. The van der Waals surface area contributed by atoms with E-state index in [-0.39, 0.29) is 23.4 Å². The molecule has 0 radical (unpaired) electrons. The number of benzene rings is 1. The highest BCUT2D eigenvalue weighted by atomic mass is 19.1. The van der Waals surface area contributed by atoms with E-state index in [0.717, 1.165) is 19.4 Å². The standard InChI is InChI=1S/C17H22FNO2/c1-12(2)10-16(20)19-9-3-4-14(11-19)17(21)13-5-7-15(18)8-6-13/h5-8,12,14H,3-4,9-11H2,1-2H3. The monoisotopic (exact) mass is 291 g/mol. The first-order chi connectivity index (χ1) is 9.97. The highest BCUT2D eigenvalue weighted by molar-refractivity contribution is 5.98. The van der Waals surface area contributed by atoms with E-state index in [4.69, 9.17) is 0 Å². The molecule has 1 heterocycles. The van der Waals surface area contributed by atoms with Gasteiger partial charge in [0.25, 0.3) is 0 Å². The zero-order valence-corrected chi connectivity index (χ0v) is 12.6. The lowest BCUT2D eigenvalue weighted by molar-refractivity contribution is -0.133. The molecule has 1 fully saturated rings. The summed E-state index contributed by atoms with van der Waals surface area (Å²) in [5.74, 6) is -0.0476. The summed E-state index contributed by atoms with van der Waals surface area (Å²) >= 11 is 0. The number of likely N-dealkylation sites (tertiary alicyclic amines) is 1. The van der Waals surface area contributed by atoms with Crippen LogP contribution in [0.15, 0.2) is 24.3 Å². The fourth-order valence-electron chi connectivity index (χ4n) is 2.75. The van der Waals surface area contributed by atoms with Gasteiger partial charge in [-0.05, 0) is 43.0 Å². The second kappa shape index (κ2) is 6.83. The Kier molecular flexibility index (Phi) is 5.10. The van der Waals surface area contributed by atoms with Crippen LogP contribution in [0.25, 0.3) is 0 Å². The van der Waals surface area contributed by atoms with Crippen LogP contribution in [-0.2, 0) is 4.79 Å². The topological polar surface area (TPSA) is 37.4 Å². The van der Waals surface area contributed by atoms with Gasteiger partial charge in [-0.1, -0.05) is 13.8 Å². The van der Waals surface area contributed by atoms with Crippen molar-refractivity contribution in [2.45, 2.75) is 33.1 Å². The first kappa shape index (κ1) is 15.7. The van der Waals surface area contributed by atoms with Crippen molar-refractivity contribution in [2.24, 2.45) is 11.8 Å². The molecule has 0 bridgehead atoms. The van der Waals surface area contributed by atoms with Gasteiger partial charge in [-0.2, -0.15) is 0 Å². The third-order valence-corrected chi connectivity index (χ3v) is 3.86. The largest absolute Gasteiger partial charge is 0.342 e. The number of halogens is 1. The van der Waals surface area contributed by atoms with E-state index in [2.05, 4.69) is 0 Å². The lowest BCUT2D eigenvalue weighted by Gasteiger charge is -2.32. The molecule has 1 aromatic rings. The molecule has 0 N–H and O–H groups in total. The summed E-state index contributed by atoms with van der Waals surface area (Å²) in [6.45, 7) is 5.26. The van der Waals surface area contributed by atoms with Crippen molar-refractivity contribution in [2.75, 3.05) is 13.1 Å². The number of hydrogen-bond donors (Lipinski definition) is 0. The summed E-state index contributed by atoms with van der Waals surface area (Å²) in [5.41, 5.74) is 0.527. The van der Waals surface area contributed by atoms with Gasteiger partial charge in [-0.25, -0.2) is 4.39 Å². The minimum atomic E-state index is -0.344. The zero-order chi connectivity index (χ0) is 15.4. The highest BCUT2D eigenvalue weighted by Crippen LogP contribution is 2.22. The van der Waals surface area contributed by atoms with Gasteiger partial charge >= 0.3 is 0 Å². The molecule has 0 saturated carbocycles. The number of rotatable bonds is 4. The molecule has 0 aliphatic carbocycles. The minimum absolute atomic E-state index is 0.0112. The molecule has 2 rings (SSSR count). The highest BCUT2D eigenvalue weighted by Gasteiger charge is 2.29. The molecule has 1 aliphatic rings. The van der Waals surface area contributed by atoms with Crippen LogP contribution < -0.4 is 0 Å². The average molecular weight is 291 g/mol. The Balaban J connectivity index is 2.01. The number of ketones is 1.